The van der Waals surface area contributed by atoms with Crippen molar-refractivity contribution in [3.63, 3.8) is 0 Å². The fraction of sp³-hybridized carbons (Fsp3) is 1.00. The fourth-order valence-corrected chi connectivity index (χ4v) is 5.18. The molecule has 0 aromatic carbocycles. The van der Waals surface area contributed by atoms with E-state index in [1.54, 1.807) is 0 Å². The molecule has 0 aromatic heterocycles. The van der Waals surface area contributed by atoms with Gasteiger partial charge in [0.1, 0.15) is 0 Å². The minimum absolute atomic E-state index is 0.444. The molecule has 2 aliphatic rings. The Morgan fingerprint density at radius 2 is 1.55 bits per heavy atom. The molecule has 2 heterocycles. The van der Waals surface area contributed by atoms with E-state index in [1.165, 1.54) is 58.4 Å². The lowest BCUT2D eigenvalue weighted by atomic mass is 9.60. The summed E-state index contributed by atoms with van der Waals surface area (Å²) in [7, 11) is 2.24. The number of nitrogens with zero attached hydrogens (tertiary/aromatic N) is 2. The smallest absolute Gasteiger partial charge is 0.00328 e. The van der Waals surface area contributed by atoms with Crippen molar-refractivity contribution in [1.29, 1.82) is 0 Å². The molecule has 0 unspecified atom stereocenters. The summed E-state index contributed by atoms with van der Waals surface area (Å²) >= 11 is 0. The fourth-order valence-electron chi connectivity index (χ4n) is 5.18. The van der Waals surface area contributed by atoms with Gasteiger partial charge in [0, 0.05) is 19.6 Å². The van der Waals surface area contributed by atoms with E-state index in [9.17, 15) is 0 Å². The minimum atomic E-state index is 0.444. The van der Waals surface area contributed by atoms with Crippen LogP contribution in [-0.4, -0.2) is 49.6 Å². The number of hydrogen-bond acceptors (Lipinski definition) is 2. The van der Waals surface area contributed by atoms with Crippen LogP contribution in [0, 0.1) is 22.2 Å². The Labute approximate surface area is 139 Å². The molecule has 0 saturated carbocycles. The van der Waals surface area contributed by atoms with Crippen molar-refractivity contribution < 1.29 is 0 Å². The summed E-state index contributed by atoms with van der Waals surface area (Å²) in [5.74, 6) is 0.939. The van der Waals surface area contributed by atoms with Crippen LogP contribution in [0.15, 0.2) is 0 Å². The zero-order valence-corrected chi connectivity index (χ0v) is 16.3. The molecular weight excluding hydrogens is 268 g/mol. The van der Waals surface area contributed by atoms with E-state index in [4.69, 9.17) is 0 Å². The van der Waals surface area contributed by atoms with Gasteiger partial charge < -0.3 is 9.80 Å². The minimum Gasteiger partial charge on any atom is -0.306 e. The Balaban J connectivity index is 1.83. The average molecular weight is 309 g/mol. The van der Waals surface area contributed by atoms with Crippen molar-refractivity contribution in [1.82, 2.24) is 9.80 Å². The summed E-state index contributed by atoms with van der Waals surface area (Å²) < 4.78 is 0. The Bertz CT molecular complexity index is 352. The van der Waals surface area contributed by atoms with E-state index in [2.05, 4.69) is 58.4 Å². The third kappa shape index (κ3) is 4.06. The van der Waals surface area contributed by atoms with E-state index >= 15 is 0 Å². The summed E-state index contributed by atoms with van der Waals surface area (Å²) in [5, 5.41) is 0. The highest BCUT2D eigenvalue weighted by molar-refractivity contribution is 4.94. The highest BCUT2D eigenvalue weighted by atomic mass is 15.2. The summed E-state index contributed by atoms with van der Waals surface area (Å²) in [6.07, 6.45) is 5.50. The predicted octanol–water partition coefficient (Wildman–Crippen LogP) is 4.50. The summed E-state index contributed by atoms with van der Waals surface area (Å²) in [6.45, 7) is 21.2. The molecule has 22 heavy (non-hydrogen) atoms. The van der Waals surface area contributed by atoms with Crippen LogP contribution in [0.25, 0.3) is 0 Å². The predicted molar refractivity (Wildman–Crippen MR) is 97.2 cm³/mol. The standard InChI is InChI=1S/C20H40N2/c1-8-20(18(2,3)4)9-11-22(12-10-20)16-19(5,6)13-17-14-21(7)15-17/h17H,8-16H2,1-7H3. The van der Waals surface area contributed by atoms with E-state index in [-0.39, 0.29) is 0 Å². The molecule has 0 spiro atoms. The first-order valence-corrected chi connectivity index (χ1v) is 9.48. The van der Waals surface area contributed by atoms with Crippen molar-refractivity contribution in [2.45, 2.75) is 67.2 Å². The van der Waals surface area contributed by atoms with Gasteiger partial charge in [0.05, 0.1) is 0 Å². The first-order chi connectivity index (χ1) is 10.1. The van der Waals surface area contributed by atoms with Crippen molar-refractivity contribution in [3.05, 3.63) is 0 Å². The lowest BCUT2D eigenvalue weighted by Gasteiger charge is -2.51. The quantitative estimate of drug-likeness (QED) is 0.737. The molecule has 130 valence electrons. The maximum atomic E-state index is 2.75. The van der Waals surface area contributed by atoms with Crippen LogP contribution in [0.4, 0.5) is 0 Å². The van der Waals surface area contributed by atoms with Crippen LogP contribution in [0.2, 0.25) is 0 Å². The Hall–Kier alpha value is -0.0800. The Morgan fingerprint density at radius 1 is 1.00 bits per heavy atom. The van der Waals surface area contributed by atoms with E-state index in [0.717, 1.165) is 5.92 Å². The molecule has 2 fully saturated rings. The van der Waals surface area contributed by atoms with Crippen LogP contribution >= 0.6 is 0 Å². The molecule has 2 heteroatoms. The molecule has 0 aliphatic carbocycles. The second-order valence-electron chi connectivity index (χ2n) is 10.1. The first kappa shape index (κ1) is 18.3. The van der Waals surface area contributed by atoms with Crippen molar-refractivity contribution in [2.24, 2.45) is 22.2 Å². The van der Waals surface area contributed by atoms with Gasteiger partial charge in [0.25, 0.3) is 0 Å². The average Bonchev–Trinajstić information content (AvgIpc) is 2.36. The second-order valence-corrected chi connectivity index (χ2v) is 10.1. The molecule has 0 radical (unpaired) electrons. The molecule has 0 atom stereocenters. The molecule has 2 nitrogen and oxygen atoms in total. The SMILES string of the molecule is CCC1(C(C)(C)C)CCN(CC(C)(C)CC2CN(C)C2)CC1. The van der Waals surface area contributed by atoms with Gasteiger partial charge in [-0.2, -0.15) is 0 Å². The van der Waals surface area contributed by atoms with Gasteiger partial charge in [-0.3, -0.25) is 0 Å². The zero-order chi connectivity index (χ0) is 16.6. The van der Waals surface area contributed by atoms with E-state index in [0.29, 0.717) is 16.2 Å². The molecule has 2 saturated heterocycles. The van der Waals surface area contributed by atoms with Crippen LogP contribution in [0.3, 0.4) is 0 Å². The number of piperidine rings is 1. The summed E-state index contributed by atoms with van der Waals surface area (Å²) in [4.78, 5) is 5.20. The maximum absolute atomic E-state index is 2.75. The number of rotatable bonds is 5. The molecule has 0 amide bonds. The van der Waals surface area contributed by atoms with Gasteiger partial charge in [-0.05, 0) is 68.0 Å². The van der Waals surface area contributed by atoms with Gasteiger partial charge in [0.15, 0.2) is 0 Å². The van der Waals surface area contributed by atoms with Crippen LogP contribution in [0.5, 0.6) is 0 Å². The molecule has 2 aliphatic heterocycles. The van der Waals surface area contributed by atoms with Gasteiger partial charge in [-0.1, -0.05) is 41.5 Å². The largest absolute Gasteiger partial charge is 0.306 e. The van der Waals surface area contributed by atoms with Gasteiger partial charge >= 0.3 is 0 Å². The number of hydrogen-bond donors (Lipinski definition) is 0. The highest BCUT2D eigenvalue weighted by Gasteiger charge is 2.43. The number of likely N-dealkylation sites (tertiary alicyclic amines) is 2. The van der Waals surface area contributed by atoms with E-state index in [1.807, 2.05) is 0 Å². The van der Waals surface area contributed by atoms with Gasteiger partial charge in [-0.15, -0.1) is 0 Å². The molecule has 2 rings (SSSR count). The summed E-state index contributed by atoms with van der Waals surface area (Å²) in [5.41, 5.74) is 1.48. The lowest BCUT2D eigenvalue weighted by molar-refractivity contribution is -0.0127. The zero-order valence-electron chi connectivity index (χ0n) is 16.3. The molecule has 0 aromatic rings. The summed E-state index contributed by atoms with van der Waals surface area (Å²) in [6, 6.07) is 0. The topological polar surface area (TPSA) is 6.48 Å². The normalized spacial score (nSPS) is 25.2. The molecule has 0 bridgehead atoms. The first-order valence-electron chi connectivity index (χ1n) is 9.48. The molecular formula is C20H40N2. The van der Waals surface area contributed by atoms with E-state index < -0.39 is 0 Å². The van der Waals surface area contributed by atoms with Gasteiger partial charge in [0.2, 0.25) is 0 Å². The van der Waals surface area contributed by atoms with Crippen LogP contribution in [0.1, 0.15) is 67.2 Å². The van der Waals surface area contributed by atoms with Crippen molar-refractivity contribution in [3.8, 4) is 0 Å². The molecule has 0 N–H and O–H groups in total. The monoisotopic (exact) mass is 308 g/mol. The third-order valence-electron chi connectivity index (χ3n) is 6.71. The van der Waals surface area contributed by atoms with Gasteiger partial charge in [-0.25, -0.2) is 0 Å². The second kappa shape index (κ2) is 6.43. The Morgan fingerprint density at radius 3 is 1.95 bits per heavy atom. The van der Waals surface area contributed by atoms with Crippen LogP contribution in [-0.2, 0) is 0 Å². The van der Waals surface area contributed by atoms with Crippen LogP contribution < -0.4 is 0 Å². The Kier molecular flexibility index (Phi) is 5.34. The van der Waals surface area contributed by atoms with Crippen molar-refractivity contribution in [2.75, 3.05) is 39.8 Å². The van der Waals surface area contributed by atoms with Crippen molar-refractivity contribution >= 4 is 0 Å². The highest BCUT2D eigenvalue weighted by Crippen LogP contribution is 2.49. The third-order valence-corrected chi connectivity index (χ3v) is 6.71. The maximum Gasteiger partial charge on any atom is 0.00328 e. The lowest BCUT2D eigenvalue weighted by Crippen LogP contribution is -2.50.